The third-order valence-electron chi connectivity index (χ3n) is 13.2. The maximum absolute atomic E-state index is 11.0. The second kappa shape index (κ2) is 6.82. The van der Waals surface area contributed by atoms with E-state index in [1.54, 1.807) is 5.57 Å². The molecule has 33 heavy (non-hydrogen) atoms. The molecule has 0 heterocycles. The van der Waals surface area contributed by atoms with Crippen LogP contribution in [-0.4, -0.2) is 5.11 Å². The number of hydrogen-bond acceptors (Lipinski definition) is 1. The van der Waals surface area contributed by atoms with Crippen LogP contribution < -0.4 is 0 Å². The van der Waals surface area contributed by atoms with Crippen LogP contribution in [0.3, 0.4) is 0 Å². The summed E-state index contributed by atoms with van der Waals surface area (Å²) in [7, 11) is 0. The van der Waals surface area contributed by atoms with E-state index in [0.717, 1.165) is 24.7 Å². The quantitative estimate of drug-likeness (QED) is 0.311. The summed E-state index contributed by atoms with van der Waals surface area (Å²) < 4.78 is 0. The van der Waals surface area contributed by atoms with Crippen LogP contribution in [0.15, 0.2) is 36.1 Å². The molecule has 0 amide bonds. The molecule has 184 valence electrons. The molecule has 1 N–H and O–H groups in total. The lowest BCUT2D eigenvalue weighted by Crippen LogP contribution is -2.63. The third-order valence-corrected chi connectivity index (χ3v) is 13.2. The van der Waals surface area contributed by atoms with Crippen LogP contribution in [0.2, 0.25) is 0 Å². The van der Waals surface area contributed by atoms with Crippen LogP contribution in [0.1, 0.15) is 113 Å². The fourth-order valence-electron chi connectivity index (χ4n) is 10.6. The van der Waals surface area contributed by atoms with Crippen LogP contribution in [0.5, 0.6) is 0 Å². The largest absolute Gasteiger partial charge is 0.512 e. The lowest BCUT2D eigenvalue weighted by atomic mass is 9.33. The summed E-state index contributed by atoms with van der Waals surface area (Å²) in [6, 6.07) is 0. The number of rotatable bonds is 1. The predicted octanol–water partition coefficient (Wildman–Crippen LogP) is 9.42. The minimum atomic E-state index is -0.0876. The normalized spacial score (nSPS) is 50.2. The molecule has 1 heteroatoms. The molecule has 5 rings (SSSR count). The first-order valence-electron chi connectivity index (χ1n) is 13.9. The Morgan fingerprint density at radius 1 is 0.909 bits per heavy atom. The van der Waals surface area contributed by atoms with Crippen molar-refractivity contribution in [3.05, 3.63) is 36.1 Å². The highest BCUT2D eigenvalue weighted by molar-refractivity contribution is 5.36. The van der Waals surface area contributed by atoms with E-state index in [4.69, 9.17) is 0 Å². The Bertz CT molecular complexity index is 919. The third kappa shape index (κ3) is 2.83. The number of aliphatic hydroxyl groups excluding tert-OH is 1. The van der Waals surface area contributed by atoms with E-state index in [0.29, 0.717) is 27.9 Å². The van der Waals surface area contributed by atoms with Gasteiger partial charge in [-0.2, -0.15) is 0 Å². The van der Waals surface area contributed by atoms with Gasteiger partial charge in [0.15, 0.2) is 0 Å². The lowest BCUT2D eigenvalue weighted by molar-refractivity contribution is -0.170. The zero-order chi connectivity index (χ0) is 24.2. The van der Waals surface area contributed by atoms with Crippen LogP contribution in [0.4, 0.5) is 0 Å². The molecule has 5 aliphatic rings. The summed E-state index contributed by atoms with van der Waals surface area (Å²) in [5.41, 5.74) is 4.67. The van der Waals surface area contributed by atoms with Crippen molar-refractivity contribution in [3.63, 3.8) is 0 Å². The van der Waals surface area contributed by atoms with Crippen LogP contribution in [0.25, 0.3) is 0 Å². The number of allylic oxidation sites excluding steroid dienone is 4. The van der Waals surface area contributed by atoms with Crippen molar-refractivity contribution in [1.82, 2.24) is 0 Å². The monoisotopic (exact) mass is 450 g/mol. The minimum absolute atomic E-state index is 0.0876. The summed E-state index contributed by atoms with van der Waals surface area (Å²) in [4.78, 5) is 0. The van der Waals surface area contributed by atoms with Gasteiger partial charge >= 0.3 is 0 Å². The molecule has 0 bridgehead atoms. The van der Waals surface area contributed by atoms with Crippen LogP contribution in [0, 0.1) is 50.2 Å². The molecule has 0 radical (unpaired) electrons. The van der Waals surface area contributed by atoms with Crippen molar-refractivity contribution in [2.75, 3.05) is 0 Å². The SMILES string of the molecule is C=C1CCC2(C)C(CCC3(C)C2CC=C2C4CC(C)(C)CCC4(C(=C)O)CC[C@]23C)C1(C)C. The van der Waals surface area contributed by atoms with Gasteiger partial charge in [-0.1, -0.05) is 78.8 Å². The van der Waals surface area contributed by atoms with Crippen LogP contribution in [-0.2, 0) is 0 Å². The first-order valence-corrected chi connectivity index (χ1v) is 13.9. The van der Waals surface area contributed by atoms with Crippen molar-refractivity contribution < 1.29 is 5.11 Å². The van der Waals surface area contributed by atoms with Gasteiger partial charge in [0.2, 0.25) is 0 Å². The summed E-state index contributed by atoms with van der Waals surface area (Å²) in [6.45, 7) is 26.5. The zero-order valence-corrected chi connectivity index (χ0v) is 22.7. The van der Waals surface area contributed by atoms with E-state index in [2.05, 4.69) is 67.7 Å². The molecule has 0 spiro atoms. The molecule has 4 saturated carbocycles. The highest BCUT2D eigenvalue weighted by Crippen LogP contribution is 2.76. The van der Waals surface area contributed by atoms with Gasteiger partial charge in [-0.3, -0.25) is 0 Å². The van der Waals surface area contributed by atoms with Crippen molar-refractivity contribution in [3.8, 4) is 0 Å². The highest BCUT2D eigenvalue weighted by atomic mass is 16.3. The van der Waals surface area contributed by atoms with Gasteiger partial charge < -0.3 is 5.11 Å². The molecule has 0 aliphatic heterocycles. The average Bonchev–Trinajstić information content (AvgIpc) is 2.71. The topological polar surface area (TPSA) is 20.2 Å². The fourth-order valence-corrected chi connectivity index (χ4v) is 10.6. The van der Waals surface area contributed by atoms with Gasteiger partial charge in [0.05, 0.1) is 5.76 Å². The number of fused-ring (bicyclic) bond motifs is 7. The van der Waals surface area contributed by atoms with E-state index in [9.17, 15) is 5.11 Å². The Morgan fingerprint density at radius 2 is 1.58 bits per heavy atom. The molecule has 1 nitrogen and oxygen atoms in total. The minimum Gasteiger partial charge on any atom is -0.512 e. The molecule has 0 saturated heterocycles. The van der Waals surface area contributed by atoms with Gasteiger partial charge in [0.1, 0.15) is 0 Å². The van der Waals surface area contributed by atoms with Crippen molar-refractivity contribution in [2.45, 2.75) is 113 Å². The molecule has 7 atom stereocenters. The van der Waals surface area contributed by atoms with Crippen molar-refractivity contribution >= 4 is 0 Å². The van der Waals surface area contributed by atoms with E-state index in [1.165, 1.54) is 56.9 Å². The molecular weight excluding hydrogens is 400 g/mol. The molecule has 5 aliphatic carbocycles. The molecule has 6 unspecified atom stereocenters. The maximum Gasteiger partial charge on any atom is 0.0918 e. The lowest BCUT2D eigenvalue weighted by Gasteiger charge is -2.71. The number of hydrogen-bond donors (Lipinski definition) is 1. The van der Waals surface area contributed by atoms with E-state index in [-0.39, 0.29) is 16.2 Å². The second-order valence-corrected chi connectivity index (χ2v) is 15.1. The molecule has 0 aromatic rings. The van der Waals surface area contributed by atoms with Crippen LogP contribution >= 0.6 is 0 Å². The van der Waals surface area contributed by atoms with E-state index >= 15 is 0 Å². The Morgan fingerprint density at radius 3 is 2.24 bits per heavy atom. The molecule has 4 fully saturated rings. The maximum atomic E-state index is 11.0. The number of aliphatic hydroxyl groups is 1. The van der Waals surface area contributed by atoms with Crippen molar-refractivity contribution in [1.29, 1.82) is 0 Å². The van der Waals surface area contributed by atoms with Gasteiger partial charge in [0.25, 0.3) is 0 Å². The molecule has 0 aromatic heterocycles. The summed E-state index contributed by atoms with van der Waals surface area (Å²) >= 11 is 0. The van der Waals surface area contributed by atoms with Gasteiger partial charge in [-0.05, 0) is 109 Å². The summed E-state index contributed by atoms with van der Waals surface area (Å²) in [6.07, 6.45) is 14.9. The Kier molecular flexibility index (Phi) is 4.91. The van der Waals surface area contributed by atoms with Gasteiger partial charge in [0, 0.05) is 5.41 Å². The first-order chi connectivity index (χ1) is 15.1. The van der Waals surface area contributed by atoms with Crippen molar-refractivity contribution in [2.24, 2.45) is 50.2 Å². The Labute approximate surface area is 204 Å². The smallest absolute Gasteiger partial charge is 0.0918 e. The Balaban J connectivity index is 1.60. The Hall–Kier alpha value is -0.980. The predicted molar refractivity (Wildman–Crippen MR) is 140 cm³/mol. The first kappa shape index (κ1) is 23.7. The standard InChI is InChI=1S/C32H50O/c1-21-12-14-29(7)25(28(21,5)6)13-15-31(9)26(29)11-10-23-24-20-27(3,4)16-18-32(24,22(2)33)19-17-30(23,31)8/h10,24-26,33H,1-2,11-20H2,3-9H3/t24?,25?,26?,29?,30-,31?,32?/m1/s1. The van der Waals surface area contributed by atoms with E-state index < -0.39 is 0 Å². The summed E-state index contributed by atoms with van der Waals surface area (Å²) in [5.74, 6) is 2.42. The molecular formula is C32H50O. The van der Waals surface area contributed by atoms with Gasteiger partial charge in [-0.25, -0.2) is 0 Å². The summed E-state index contributed by atoms with van der Waals surface area (Å²) in [5, 5.41) is 11.0. The molecule has 0 aromatic carbocycles. The fraction of sp³-hybridized carbons (Fsp3) is 0.812. The average molecular weight is 451 g/mol. The zero-order valence-electron chi connectivity index (χ0n) is 22.7. The van der Waals surface area contributed by atoms with Gasteiger partial charge in [-0.15, -0.1) is 0 Å². The second-order valence-electron chi connectivity index (χ2n) is 15.1. The highest BCUT2D eigenvalue weighted by Gasteiger charge is 2.68. The van der Waals surface area contributed by atoms with E-state index in [1.807, 2.05) is 0 Å².